The van der Waals surface area contributed by atoms with Crippen molar-refractivity contribution in [2.75, 3.05) is 0 Å². The molecule has 0 unspecified atom stereocenters. The van der Waals surface area contributed by atoms with Gasteiger partial charge in [-0.3, -0.25) is 0 Å². The molecule has 8 heteroatoms. The average molecular weight is 382 g/mol. The molecule has 0 aliphatic heterocycles. The molecule has 0 fully saturated rings. The van der Waals surface area contributed by atoms with Gasteiger partial charge in [0.25, 0.3) is 0 Å². The second-order valence-corrected chi connectivity index (χ2v) is 6.45. The van der Waals surface area contributed by atoms with E-state index in [1.807, 2.05) is 0 Å². The summed E-state index contributed by atoms with van der Waals surface area (Å²) in [5, 5.41) is 70.2. The van der Waals surface area contributed by atoms with Gasteiger partial charge < -0.3 is 35.7 Å². The molecule has 1 aliphatic carbocycles. The van der Waals surface area contributed by atoms with Crippen LogP contribution in [0.15, 0.2) is 30.3 Å². The van der Waals surface area contributed by atoms with Crippen molar-refractivity contribution in [2.24, 2.45) is 0 Å². The third-order valence-electron chi connectivity index (χ3n) is 4.93. The lowest BCUT2D eigenvalue weighted by atomic mass is 9.89. The molecule has 4 rings (SSSR count). The Bertz CT molecular complexity index is 1180. The maximum absolute atomic E-state index is 11.8. The molecule has 0 saturated heterocycles. The minimum atomic E-state index is -1.27. The van der Waals surface area contributed by atoms with Gasteiger partial charge in [0.2, 0.25) is 11.5 Å². The van der Waals surface area contributed by atoms with Crippen molar-refractivity contribution in [3.8, 4) is 56.8 Å². The summed E-state index contributed by atoms with van der Waals surface area (Å²) in [5.41, 5.74) is 0.796. The molecule has 0 aromatic heterocycles. The first-order valence-corrected chi connectivity index (χ1v) is 8.13. The molecular formula is C20H14O8. The minimum absolute atomic E-state index is 0.0457. The fourth-order valence-electron chi connectivity index (χ4n) is 3.61. The van der Waals surface area contributed by atoms with Crippen molar-refractivity contribution in [1.29, 1.82) is 0 Å². The Hall–Kier alpha value is -4.07. The van der Waals surface area contributed by atoms with E-state index in [2.05, 4.69) is 0 Å². The van der Waals surface area contributed by atoms with E-state index >= 15 is 0 Å². The lowest BCUT2D eigenvalue weighted by molar-refractivity contribution is 0.0697. The number of aromatic carboxylic acids is 1. The molecule has 0 radical (unpaired) electrons. The van der Waals surface area contributed by atoms with Gasteiger partial charge in [0.05, 0.1) is 5.56 Å². The smallest absolute Gasteiger partial charge is 0.336 e. The summed E-state index contributed by atoms with van der Waals surface area (Å²) in [6.45, 7) is 0. The fraction of sp³-hybridized carbons (Fsp3) is 0.0500. The van der Waals surface area contributed by atoms with Crippen molar-refractivity contribution in [3.05, 3.63) is 47.0 Å². The zero-order chi connectivity index (χ0) is 20.3. The highest BCUT2D eigenvalue weighted by molar-refractivity contribution is 6.04. The Balaban J connectivity index is 2.25. The van der Waals surface area contributed by atoms with E-state index in [0.29, 0.717) is 5.56 Å². The van der Waals surface area contributed by atoms with Crippen LogP contribution in [0, 0.1) is 0 Å². The van der Waals surface area contributed by atoms with E-state index in [1.54, 1.807) is 6.07 Å². The Morgan fingerprint density at radius 1 is 0.714 bits per heavy atom. The van der Waals surface area contributed by atoms with Crippen LogP contribution >= 0.6 is 0 Å². The van der Waals surface area contributed by atoms with E-state index in [-0.39, 0.29) is 39.8 Å². The van der Waals surface area contributed by atoms with Crippen LogP contribution < -0.4 is 0 Å². The first kappa shape index (κ1) is 17.3. The summed E-state index contributed by atoms with van der Waals surface area (Å²) in [5.74, 6) is -5.40. The highest BCUT2D eigenvalue weighted by Crippen LogP contribution is 2.53. The lowest BCUT2D eigenvalue weighted by Crippen LogP contribution is -2.01. The average Bonchev–Trinajstić information content (AvgIpc) is 2.80. The summed E-state index contributed by atoms with van der Waals surface area (Å²) < 4.78 is 0. The Labute approximate surface area is 157 Å². The van der Waals surface area contributed by atoms with Crippen molar-refractivity contribution >= 4 is 5.97 Å². The molecule has 142 valence electrons. The molecule has 3 aromatic carbocycles. The van der Waals surface area contributed by atoms with Crippen molar-refractivity contribution < 1.29 is 40.5 Å². The van der Waals surface area contributed by atoms with Gasteiger partial charge in [-0.1, -0.05) is 12.1 Å². The molecule has 7 N–H and O–H groups in total. The van der Waals surface area contributed by atoms with Gasteiger partial charge in [-0.15, -0.1) is 0 Å². The van der Waals surface area contributed by atoms with Crippen LogP contribution in [0.5, 0.6) is 34.5 Å². The standard InChI is InChI=1S/C20H14O8/c21-13-5-9-7-2-1-3-8(20(27)28)15(7)10-6-14(22)19(26)17(24)12(10)4-11(9)16(23)18(13)25/h1-3,5-6,21-26H,4H2,(H,27,28). The molecule has 0 spiro atoms. The number of carbonyl (C=O) groups is 1. The first-order chi connectivity index (χ1) is 13.2. The van der Waals surface area contributed by atoms with Gasteiger partial charge in [0.15, 0.2) is 23.0 Å². The van der Waals surface area contributed by atoms with Gasteiger partial charge in [-0.2, -0.15) is 0 Å². The molecule has 8 nitrogen and oxygen atoms in total. The maximum atomic E-state index is 11.8. The molecule has 3 aromatic rings. The zero-order valence-electron chi connectivity index (χ0n) is 14.1. The molecule has 0 saturated carbocycles. The summed E-state index contributed by atoms with van der Waals surface area (Å²) in [6.07, 6.45) is -0.211. The van der Waals surface area contributed by atoms with Crippen LogP contribution in [-0.2, 0) is 6.42 Å². The minimum Gasteiger partial charge on any atom is -0.504 e. The summed E-state index contributed by atoms with van der Waals surface area (Å²) in [7, 11) is 0. The predicted molar refractivity (Wildman–Crippen MR) is 97.1 cm³/mol. The Morgan fingerprint density at radius 3 is 1.82 bits per heavy atom. The number of benzene rings is 3. The first-order valence-electron chi connectivity index (χ1n) is 8.13. The molecular weight excluding hydrogens is 368 g/mol. The summed E-state index contributed by atoms with van der Waals surface area (Å²) in [6, 6.07) is 6.65. The number of phenolic OH excluding ortho intramolecular Hbond substituents is 6. The largest absolute Gasteiger partial charge is 0.504 e. The van der Waals surface area contributed by atoms with Crippen LogP contribution in [0.1, 0.15) is 21.5 Å². The Kier molecular flexibility index (Phi) is 3.54. The van der Waals surface area contributed by atoms with E-state index in [1.165, 1.54) is 18.2 Å². The number of aromatic hydroxyl groups is 6. The van der Waals surface area contributed by atoms with Crippen LogP contribution in [-0.4, -0.2) is 41.7 Å². The third kappa shape index (κ3) is 2.21. The zero-order valence-corrected chi connectivity index (χ0v) is 14.1. The number of carboxylic acids is 1. The fourth-order valence-corrected chi connectivity index (χ4v) is 3.61. The monoisotopic (exact) mass is 382 g/mol. The predicted octanol–water partition coefficient (Wildman–Crippen LogP) is 2.86. The van der Waals surface area contributed by atoms with Gasteiger partial charge in [0.1, 0.15) is 0 Å². The lowest BCUT2D eigenvalue weighted by Gasteiger charge is -2.15. The number of hydrogen-bond donors (Lipinski definition) is 7. The highest BCUT2D eigenvalue weighted by Gasteiger charge is 2.31. The molecule has 0 amide bonds. The van der Waals surface area contributed by atoms with Crippen molar-refractivity contribution in [2.45, 2.75) is 6.42 Å². The topological polar surface area (TPSA) is 159 Å². The molecule has 1 aliphatic rings. The number of fused-ring (bicyclic) bond motifs is 5. The number of hydrogen-bond acceptors (Lipinski definition) is 7. The van der Waals surface area contributed by atoms with Crippen LogP contribution in [0.4, 0.5) is 0 Å². The van der Waals surface area contributed by atoms with Gasteiger partial charge in [0, 0.05) is 23.1 Å². The second kappa shape index (κ2) is 5.71. The van der Waals surface area contributed by atoms with Gasteiger partial charge in [-0.05, 0) is 34.9 Å². The van der Waals surface area contributed by atoms with Crippen LogP contribution in [0.25, 0.3) is 22.3 Å². The van der Waals surface area contributed by atoms with Crippen LogP contribution in [0.3, 0.4) is 0 Å². The van der Waals surface area contributed by atoms with Crippen molar-refractivity contribution in [1.82, 2.24) is 0 Å². The molecule has 0 atom stereocenters. The Morgan fingerprint density at radius 2 is 1.25 bits per heavy atom. The second-order valence-electron chi connectivity index (χ2n) is 6.45. The SMILES string of the molecule is O=C(O)c1cccc2c1-c1cc(O)c(O)c(O)c1Cc1c-2cc(O)c(O)c1O. The quantitative estimate of drug-likeness (QED) is 0.248. The summed E-state index contributed by atoms with van der Waals surface area (Å²) in [4.78, 5) is 11.8. The molecule has 28 heavy (non-hydrogen) atoms. The summed E-state index contributed by atoms with van der Waals surface area (Å²) >= 11 is 0. The number of carboxylic acid groups (broad SMARTS) is 1. The van der Waals surface area contributed by atoms with E-state index < -0.39 is 40.5 Å². The van der Waals surface area contributed by atoms with E-state index in [9.17, 15) is 40.5 Å². The highest BCUT2D eigenvalue weighted by atomic mass is 16.4. The van der Waals surface area contributed by atoms with Crippen LogP contribution in [0.2, 0.25) is 0 Å². The number of phenols is 6. The van der Waals surface area contributed by atoms with Crippen molar-refractivity contribution in [3.63, 3.8) is 0 Å². The maximum Gasteiger partial charge on any atom is 0.336 e. The normalized spacial score (nSPS) is 11.9. The van der Waals surface area contributed by atoms with E-state index in [0.717, 1.165) is 6.07 Å². The molecule has 0 heterocycles. The number of rotatable bonds is 1. The van der Waals surface area contributed by atoms with Gasteiger partial charge >= 0.3 is 5.97 Å². The molecule has 0 bridgehead atoms. The van der Waals surface area contributed by atoms with Gasteiger partial charge in [-0.25, -0.2) is 4.79 Å². The van der Waals surface area contributed by atoms with E-state index in [4.69, 9.17) is 0 Å². The third-order valence-corrected chi connectivity index (χ3v) is 4.93.